The van der Waals surface area contributed by atoms with Crippen LogP contribution in [-0.4, -0.2) is 17.6 Å². The average Bonchev–Trinajstić information content (AvgIpc) is 2.60. The number of thiophene rings is 1. The quantitative estimate of drug-likeness (QED) is 0.559. The van der Waals surface area contributed by atoms with E-state index in [0.717, 1.165) is 18.5 Å². The third kappa shape index (κ3) is 2.97. The summed E-state index contributed by atoms with van der Waals surface area (Å²) in [6.45, 7) is 5.05. The summed E-state index contributed by atoms with van der Waals surface area (Å²) >= 11 is 1.26. The normalized spacial score (nSPS) is 10.0. The van der Waals surface area contributed by atoms with Crippen LogP contribution in [0.25, 0.3) is 0 Å². The zero-order valence-electron chi connectivity index (χ0n) is 7.82. The van der Waals surface area contributed by atoms with Crippen LogP contribution in [-0.2, 0) is 6.54 Å². The molecule has 0 amide bonds. The molecule has 0 bridgehead atoms. The summed E-state index contributed by atoms with van der Waals surface area (Å²) < 4.78 is 0. The minimum atomic E-state index is -0.847. The van der Waals surface area contributed by atoms with Crippen molar-refractivity contribution in [3.05, 3.63) is 34.5 Å². The number of rotatable bonds is 6. The average molecular weight is 211 g/mol. The molecule has 76 valence electrons. The lowest BCUT2D eigenvalue weighted by atomic mass is 10.2. The van der Waals surface area contributed by atoms with E-state index in [1.165, 1.54) is 11.3 Å². The lowest BCUT2D eigenvalue weighted by Gasteiger charge is -2.01. The van der Waals surface area contributed by atoms with E-state index in [0.29, 0.717) is 11.4 Å². The minimum absolute atomic E-state index is 0.427. The van der Waals surface area contributed by atoms with E-state index in [9.17, 15) is 4.79 Å². The van der Waals surface area contributed by atoms with Crippen molar-refractivity contribution in [1.29, 1.82) is 0 Å². The molecule has 1 aromatic rings. The number of hydrogen-bond donors (Lipinski definition) is 2. The van der Waals surface area contributed by atoms with E-state index >= 15 is 0 Å². The molecule has 0 aliphatic heterocycles. The van der Waals surface area contributed by atoms with Crippen molar-refractivity contribution in [2.75, 3.05) is 6.54 Å². The monoisotopic (exact) mass is 211 g/mol. The zero-order valence-corrected chi connectivity index (χ0v) is 8.64. The second-order valence-corrected chi connectivity index (χ2v) is 3.75. The maximum absolute atomic E-state index is 10.7. The van der Waals surface area contributed by atoms with Crippen LogP contribution in [0.1, 0.15) is 21.7 Å². The van der Waals surface area contributed by atoms with E-state index in [1.807, 2.05) is 12.1 Å². The smallest absolute Gasteiger partial charge is 0.346 e. The van der Waals surface area contributed by atoms with Gasteiger partial charge in [-0.05, 0) is 30.0 Å². The fraction of sp³-hybridized carbons (Fsp3) is 0.300. The van der Waals surface area contributed by atoms with E-state index in [-0.39, 0.29) is 0 Å². The van der Waals surface area contributed by atoms with Gasteiger partial charge in [0.1, 0.15) is 4.88 Å². The second kappa shape index (κ2) is 5.57. The summed E-state index contributed by atoms with van der Waals surface area (Å²) in [6, 6.07) is 1.84. The fourth-order valence-corrected chi connectivity index (χ4v) is 1.85. The van der Waals surface area contributed by atoms with Gasteiger partial charge in [-0.2, -0.15) is 0 Å². The summed E-state index contributed by atoms with van der Waals surface area (Å²) in [5.74, 6) is -0.847. The number of carboxylic acid groups (broad SMARTS) is 1. The first-order chi connectivity index (χ1) is 6.75. The maximum Gasteiger partial charge on any atom is 0.346 e. The highest BCUT2D eigenvalue weighted by Gasteiger charge is 2.10. The Labute approximate surface area is 87.1 Å². The molecule has 0 saturated heterocycles. The first-order valence-electron chi connectivity index (χ1n) is 4.37. The van der Waals surface area contributed by atoms with Crippen LogP contribution in [0, 0.1) is 0 Å². The van der Waals surface area contributed by atoms with Crippen molar-refractivity contribution in [3.8, 4) is 0 Å². The Morgan fingerprint density at radius 2 is 2.50 bits per heavy atom. The van der Waals surface area contributed by atoms with Crippen molar-refractivity contribution in [3.63, 3.8) is 0 Å². The Balaban J connectivity index is 2.45. The van der Waals surface area contributed by atoms with Gasteiger partial charge in [-0.15, -0.1) is 17.9 Å². The van der Waals surface area contributed by atoms with Gasteiger partial charge in [0, 0.05) is 6.54 Å². The van der Waals surface area contributed by atoms with Gasteiger partial charge in [-0.1, -0.05) is 6.08 Å². The molecule has 0 atom stereocenters. The molecule has 14 heavy (non-hydrogen) atoms. The van der Waals surface area contributed by atoms with Crippen molar-refractivity contribution in [1.82, 2.24) is 5.32 Å². The Kier molecular flexibility index (Phi) is 4.35. The van der Waals surface area contributed by atoms with Crippen molar-refractivity contribution in [2.24, 2.45) is 0 Å². The molecule has 2 N–H and O–H groups in total. The van der Waals surface area contributed by atoms with Crippen molar-refractivity contribution < 1.29 is 9.90 Å². The van der Waals surface area contributed by atoms with Crippen LogP contribution in [0.3, 0.4) is 0 Å². The molecule has 1 heterocycles. The molecule has 3 nitrogen and oxygen atoms in total. The Hall–Kier alpha value is -1.13. The standard InChI is InChI=1S/C10H13NO2S/c1-2-3-5-11-7-8-4-6-14-9(8)10(12)13/h2,4,6,11H,1,3,5,7H2,(H,12,13). The van der Waals surface area contributed by atoms with E-state index in [4.69, 9.17) is 5.11 Å². The van der Waals surface area contributed by atoms with Crippen LogP contribution in [0.5, 0.6) is 0 Å². The molecule has 0 aromatic carbocycles. The second-order valence-electron chi connectivity index (χ2n) is 2.83. The van der Waals surface area contributed by atoms with Gasteiger partial charge in [0.25, 0.3) is 0 Å². The first kappa shape index (κ1) is 10.9. The lowest BCUT2D eigenvalue weighted by molar-refractivity contribution is 0.0701. The molecule has 0 fully saturated rings. The third-order valence-electron chi connectivity index (χ3n) is 1.78. The summed E-state index contributed by atoms with van der Waals surface area (Å²) in [4.78, 5) is 11.2. The van der Waals surface area contributed by atoms with Gasteiger partial charge < -0.3 is 10.4 Å². The van der Waals surface area contributed by atoms with Gasteiger partial charge in [0.2, 0.25) is 0 Å². The molecule has 1 rings (SSSR count). The molecule has 0 spiro atoms. The van der Waals surface area contributed by atoms with Gasteiger partial charge in [-0.3, -0.25) is 0 Å². The highest BCUT2D eigenvalue weighted by Crippen LogP contribution is 2.16. The van der Waals surface area contributed by atoms with E-state index in [2.05, 4.69) is 11.9 Å². The van der Waals surface area contributed by atoms with E-state index in [1.54, 1.807) is 5.38 Å². The van der Waals surface area contributed by atoms with E-state index < -0.39 is 5.97 Å². The number of aromatic carboxylic acids is 1. The van der Waals surface area contributed by atoms with Crippen LogP contribution in [0.4, 0.5) is 0 Å². The summed E-state index contributed by atoms with van der Waals surface area (Å²) in [7, 11) is 0. The SMILES string of the molecule is C=CCCNCc1ccsc1C(=O)O. The fourth-order valence-electron chi connectivity index (χ4n) is 1.09. The van der Waals surface area contributed by atoms with Gasteiger partial charge in [0.15, 0.2) is 0 Å². The molecule has 1 aromatic heterocycles. The summed E-state index contributed by atoms with van der Waals surface area (Å²) in [6.07, 6.45) is 2.73. The van der Waals surface area contributed by atoms with Gasteiger partial charge in [-0.25, -0.2) is 4.79 Å². The Morgan fingerprint density at radius 3 is 3.14 bits per heavy atom. The summed E-state index contributed by atoms with van der Waals surface area (Å²) in [5.41, 5.74) is 0.853. The molecular weight excluding hydrogens is 198 g/mol. The molecule has 0 aliphatic carbocycles. The third-order valence-corrected chi connectivity index (χ3v) is 2.73. The number of carbonyl (C=O) groups is 1. The predicted octanol–water partition coefficient (Wildman–Crippen LogP) is 2.11. The number of carboxylic acids is 1. The van der Waals surface area contributed by atoms with Crippen molar-refractivity contribution >= 4 is 17.3 Å². The van der Waals surface area contributed by atoms with Crippen LogP contribution in [0.15, 0.2) is 24.1 Å². The zero-order chi connectivity index (χ0) is 10.4. The lowest BCUT2D eigenvalue weighted by Crippen LogP contribution is -2.15. The molecule has 0 aliphatic rings. The minimum Gasteiger partial charge on any atom is -0.477 e. The van der Waals surface area contributed by atoms with Crippen LogP contribution < -0.4 is 5.32 Å². The predicted molar refractivity (Wildman–Crippen MR) is 57.8 cm³/mol. The van der Waals surface area contributed by atoms with Crippen LogP contribution >= 0.6 is 11.3 Å². The Morgan fingerprint density at radius 1 is 1.71 bits per heavy atom. The molecule has 4 heteroatoms. The summed E-state index contributed by atoms with van der Waals surface area (Å²) in [5, 5.41) is 13.8. The van der Waals surface area contributed by atoms with Gasteiger partial charge >= 0.3 is 5.97 Å². The number of hydrogen-bond acceptors (Lipinski definition) is 3. The molecule has 0 unspecified atom stereocenters. The molecule has 0 saturated carbocycles. The molecular formula is C10H13NO2S. The van der Waals surface area contributed by atoms with Crippen LogP contribution in [0.2, 0.25) is 0 Å². The maximum atomic E-state index is 10.7. The van der Waals surface area contributed by atoms with Crippen molar-refractivity contribution in [2.45, 2.75) is 13.0 Å². The highest BCUT2D eigenvalue weighted by atomic mass is 32.1. The van der Waals surface area contributed by atoms with Gasteiger partial charge in [0.05, 0.1) is 0 Å². The number of nitrogens with one attached hydrogen (secondary N) is 1. The topological polar surface area (TPSA) is 49.3 Å². The first-order valence-corrected chi connectivity index (χ1v) is 5.25. The Bertz CT molecular complexity index is 320. The highest BCUT2D eigenvalue weighted by molar-refractivity contribution is 7.12. The molecule has 0 radical (unpaired) electrons. The largest absolute Gasteiger partial charge is 0.477 e.